The number of ether oxygens (including phenoxy) is 2. The summed E-state index contributed by atoms with van der Waals surface area (Å²) in [6.07, 6.45) is 0.399. The van der Waals surface area contributed by atoms with E-state index in [0.717, 1.165) is 5.56 Å². The van der Waals surface area contributed by atoms with E-state index in [0.29, 0.717) is 25.4 Å². The van der Waals surface area contributed by atoms with Crippen LogP contribution in [0.1, 0.15) is 39.2 Å². The van der Waals surface area contributed by atoms with Crippen LogP contribution in [0.4, 0.5) is 0 Å². The van der Waals surface area contributed by atoms with Crippen LogP contribution >= 0.6 is 0 Å². The quantitative estimate of drug-likeness (QED) is 0.676. The van der Waals surface area contributed by atoms with Gasteiger partial charge in [-0.1, -0.05) is 19.1 Å². The number of aryl methyl sites for hydroxylation is 1. The lowest BCUT2D eigenvalue weighted by molar-refractivity contribution is 0.0694. The molecule has 0 aliphatic carbocycles. The molecular formula is C18H21NO6. The molecule has 1 heterocycles. The van der Waals surface area contributed by atoms with Gasteiger partial charge in [-0.05, 0) is 17.7 Å². The molecule has 0 fully saturated rings. The predicted molar refractivity (Wildman–Crippen MR) is 90.0 cm³/mol. The van der Waals surface area contributed by atoms with E-state index in [-0.39, 0.29) is 23.6 Å². The van der Waals surface area contributed by atoms with Gasteiger partial charge in [0.2, 0.25) is 0 Å². The molecule has 0 spiro atoms. The van der Waals surface area contributed by atoms with Crippen molar-refractivity contribution in [3.05, 3.63) is 53.0 Å². The first-order valence-electron chi connectivity index (χ1n) is 7.90. The summed E-state index contributed by atoms with van der Waals surface area (Å²) in [5.74, 6) is -0.621. The van der Waals surface area contributed by atoms with Gasteiger partial charge < -0.3 is 24.3 Å². The zero-order valence-corrected chi connectivity index (χ0v) is 14.2. The monoisotopic (exact) mass is 347 g/mol. The second-order valence-corrected chi connectivity index (χ2v) is 5.28. The number of methoxy groups -OCH3 is 1. The van der Waals surface area contributed by atoms with Crippen molar-refractivity contribution in [2.24, 2.45) is 0 Å². The third-order valence-corrected chi connectivity index (χ3v) is 3.49. The van der Waals surface area contributed by atoms with Crippen LogP contribution in [0.3, 0.4) is 0 Å². The number of hydrogen-bond acceptors (Lipinski definition) is 5. The average molecular weight is 347 g/mol. The molecule has 0 saturated heterocycles. The Kier molecular flexibility index (Phi) is 6.59. The summed E-state index contributed by atoms with van der Waals surface area (Å²) in [6.45, 7) is 2.97. The third-order valence-electron chi connectivity index (χ3n) is 3.49. The summed E-state index contributed by atoms with van der Waals surface area (Å²) < 4.78 is 15.8. The predicted octanol–water partition coefficient (Wildman–Crippen LogP) is 2.50. The highest BCUT2D eigenvalue weighted by Crippen LogP contribution is 2.17. The summed E-state index contributed by atoms with van der Waals surface area (Å²) in [7, 11) is 1.60. The first-order chi connectivity index (χ1) is 12.0. The molecular weight excluding hydrogens is 326 g/mol. The molecule has 2 aromatic rings. The molecule has 0 aliphatic rings. The van der Waals surface area contributed by atoms with Gasteiger partial charge in [0.05, 0.1) is 6.61 Å². The minimum Gasteiger partial charge on any atom is -0.491 e. The number of benzene rings is 1. The molecule has 0 bridgehead atoms. The van der Waals surface area contributed by atoms with Crippen molar-refractivity contribution in [3.8, 4) is 5.75 Å². The second-order valence-electron chi connectivity index (χ2n) is 5.28. The fourth-order valence-corrected chi connectivity index (χ4v) is 2.24. The number of amides is 1. The summed E-state index contributed by atoms with van der Waals surface area (Å²) in [5.41, 5.74) is 0.866. The zero-order valence-electron chi connectivity index (χ0n) is 14.2. The molecule has 2 N–H and O–H groups in total. The Balaban J connectivity index is 1.98. The molecule has 0 atom stereocenters. The Morgan fingerprint density at radius 3 is 2.68 bits per heavy atom. The van der Waals surface area contributed by atoms with Crippen LogP contribution in [-0.2, 0) is 17.7 Å². The standard InChI is InChI=1S/C18H21NO6/c1-3-15-14(18(21)22)10-16(25-15)17(20)19-11-12-5-4-6-13(9-12)24-8-7-23-2/h4-6,9-10H,3,7-8,11H2,1-2H3,(H,19,20)(H,21,22). The van der Waals surface area contributed by atoms with Gasteiger partial charge in [0.25, 0.3) is 5.91 Å². The van der Waals surface area contributed by atoms with Crippen molar-refractivity contribution >= 4 is 11.9 Å². The number of nitrogens with one attached hydrogen (secondary N) is 1. The van der Waals surface area contributed by atoms with Crippen molar-refractivity contribution < 1.29 is 28.6 Å². The van der Waals surface area contributed by atoms with Crippen LogP contribution < -0.4 is 10.1 Å². The number of carboxylic acids is 1. The number of aromatic carboxylic acids is 1. The lowest BCUT2D eigenvalue weighted by Gasteiger charge is -2.08. The SMILES string of the molecule is CCc1oc(C(=O)NCc2cccc(OCCOC)c2)cc1C(=O)O. The van der Waals surface area contributed by atoms with E-state index in [1.807, 2.05) is 24.3 Å². The van der Waals surface area contributed by atoms with E-state index in [2.05, 4.69) is 5.32 Å². The number of hydrogen-bond donors (Lipinski definition) is 2. The number of carbonyl (C=O) groups is 2. The van der Waals surface area contributed by atoms with E-state index >= 15 is 0 Å². The normalized spacial score (nSPS) is 10.5. The van der Waals surface area contributed by atoms with Gasteiger partial charge in [-0.3, -0.25) is 4.79 Å². The summed E-state index contributed by atoms with van der Waals surface area (Å²) in [4.78, 5) is 23.3. The Bertz CT molecular complexity index is 737. The van der Waals surface area contributed by atoms with Crippen molar-refractivity contribution in [3.63, 3.8) is 0 Å². The van der Waals surface area contributed by atoms with E-state index in [9.17, 15) is 9.59 Å². The van der Waals surface area contributed by atoms with Gasteiger partial charge >= 0.3 is 5.97 Å². The Hall–Kier alpha value is -2.80. The molecule has 134 valence electrons. The first kappa shape index (κ1) is 18.5. The van der Waals surface area contributed by atoms with E-state index < -0.39 is 11.9 Å². The highest BCUT2D eigenvalue weighted by Gasteiger charge is 2.19. The molecule has 0 unspecified atom stereocenters. The highest BCUT2D eigenvalue weighted by atomic mass is 16.5. The summed E-state index contributed by atoms with van der Waals surface area (Å²) in [6, 6.07) is 8.57. The van der Waals surface area contributed by atoms with Crippen molar-refractivity contribution in [1.82, 2.24) is 5.32 Å². The van der Waals surface area contributed by atoms with Crippen LogP contribution in [0.15, 0.2) is 34.7 Å². The highest BCUT2D eigenvalue weighted by molar-refractivity contribution is 5.96. The largest absolute Gasteiger partial charge is 0.491 e. The molecule has 1 aromatic carbocycles. The Morgan fingerprint density at radius 1 is 1.24 bits per heavy atom. The first-order valence-corrected chi connectivity index (χ1v) is 7.90. The molecule has 1 amide bonds. The van der Waals surface area contributed by atoms with Crippen LogP contribution in [0, 0.1) is 0 Å². The topological polar surface area (TPSA) is 98.0 Å². The minimum absolute atomic E-state index is 0.0123. The molecule has 0 radical (unpaired) electrons. The van der Waals surface area contributed by atoms with Crippen LogP contribution in [0.2, 0.25) is 0 Å². The summed E-state index contributed by atoms with van der Waals surface area (Å²) in [5, 5.41) is 11.8. The smallest absolute Gasteiger partial charge is 0.339 e. The van der Waals surface area contributed by atoms with E-state index in [1.165, 1.54) is 6.07 Å². The number of carbonyl (C=O) groups excluding carboxylic acids is 1. The Morgan fingerprint density at radius 2 is 2.04 bits per heavy atom. The van der Waals surface area contributed by atoms with Gasteiger partial charge in [-0.2, -0.15) is 0 Å². The zero-order chi connectivity index (χ0) is 18.2. The molecule has 25 heavy (non-hydrogen) atoms. The number of rotatable bonds is 9. The van der Waals surface area contributed by atoms with Gasteiger partial charge in [-0.25, -0.2) is 4.79 Å². The fraction of sp³-hybridized carbons (Fsp3) is 0.333. The van der Waals surface area contributed by atoms with Gasteiger partial charge in [-0.15, -0.1) is 0 Å². The number of carboxylic acid groups (broad SMARTS) is 1. The van der Waals surface area contributed by atoms with Gasteiger partial charge in [0, 0.05) is 26.1 Å². The number of furan rings is 1. The maximum Gasteiger partial charge on any atom is 0.339 e. The minimum atomic E-state index is -1.11. The molecule has 7 nitrogen and oxygen atoms in total. The lowest BCUT2D eigenvalue weighted by Crippen LogP contribution is -2.22. The van der Waals surface area contributed by atoms with Crippen molar-refractivity contribution in [1.29, 1.82) is 0 Å². The maximum atomic E-state index is 12.2. The third kappa shape index (κ3) is 5.09. The molecule has 7 heteroatoms. The van der Waals surface area contributed by atoms with E-state index in [1.54, 1.807) is 14.0 Å². The maximum absolute atomic E-state index is 12.2. The van der Waals surface area contributed by atoms with Crippen LogP contribution in [0.25, 0.3) is 0 Å². The average Bonchev–Trinajstić information content (AvgIpc) is 3.05. The Labute approximate surface area is 145 Å². The molecule has 1 aromatic heterocycles. The molecule has 2 rings (SSSR count). The van der Waals surface area contributed by atoms with E-state index in [4.69, 9.17) is 19.0 Å². The molecule has 0 saturated carbocycles. The molecule has 0 aliphatic heterocycles. The van der Waals surface area contributed by atoms with Crippen molar-refractivity contribution in [2.45, 2.75) is 19.9 Å². The van der Waals surface area contributed by atoms with Crippen LogP contribution in [0.5, 0.6) is 5.75 Å². The fourth-order valence-electron chi connectivity index (χ4n) is 2.24. The second kappa shape index (κ2) is 8.89. The van der Waals surface area contributed by atoms with Gasteiger partial charge in [0.1, 0.15) is 23.7 Å². The van der Waals surface area contributed by atoms with Crippen LogP contribution in [-0.4, -0.2) is 37.3 Å². The van der Waals surface area contributed by atoms with Gasteiger partial charge in [0.15, 0.2) is 5.76 Å². The summed E-state index contributed by atoms with van der Waals surface area (Å²) >= 11 is 0. The lowest BCUT2D eigenvalue weighted by atomic mass is 10.2. The van der Waals surface area contributed by atoms with Crippen molar-refractivity contribution in [2.75, 3.05) is 20.3 Å².